The maximum absolute atomic E-state index is 10.8. The normalized spacial score (nSPS) is 11.3. The Kier molecular flexibility index (Phi) is 4.99. The van der Waals surface area contributed by atoms with Crippen LogP contribution in [0.15, 0.2) is 18.2 Å². The van der Waals surface area contributed by atoms with Gasteiger partial charge in [0.05, 0.1) is 16.2 Å². The van der Waals surface area contributed by atoms with Crippen LogP contribution in [0.5, 0.6) is 0 Å². The number of aromatic carboxylic acids is 1. The molecule has 0 saturated heterocycles. The van der Waals surface area contributed by atoms with Crippen molar-refractivity contribution in [1.29, 1.82) is 0 Å². The predicted molar refractivity (Wildman–Crippen MR) is 72.6 cm³/mol. The van der Waals surface area contributed by atoms with Gasteiger partial charge in [-0.15, -0.1) is 0 Å². The molecule has 1 rings (SSSR count). The Morgan fingerprint density at radius 1 is 1.50 bits per heavy atom. The van der Waals surface area contributed by atoms with Gasteiger partial charge in [-0.25, -0.2) is 4.79 Å². The van der Waals surface area contributed by atoms with Crippen LogP contribution in [0.4, 0.5) is 5.69 Å². The molecule has 1 aromatic carbocycles. The number of carbonyl (C=O) groups is 1. The smallest absolute Gasteiger partial charge is 0.337 e. The summed E-state index contributed by atoms with van der Waals surface area (Å²) in [5, 5.41) is 12.3. The first-order chi connectivity index (χ1) is 8.35. The van der Waals surface area contributed by atoms with Gasteiger partial charge in [0.2, 0.25) is 0 Å². The summed E-state index contributed by atoms with van der Waals surface area (Å²) in [7, 11) is 0. The summed E-state index contributed by atoms with van der Waals surface area (Å²) in [6.07, 6.45) is 0. The van der Waals surface area contributed by atoms with E-state index in [2.05, 4.69) is 5.32 Å². The first kappa shape index (κ1) is 14.8. The Balaban J connectivity index is 2.70. The third-order valence-electron chi connectivity index (χ3n) is 2.45. The highest BCUT2D eigenvalue weighted by atomic mass is 35.5. The van der Waals surface area contributed by atoms with Gasteiger partial charge in [-0.1, -0.05) is 11.6 Å². The van der Waals surface area contributed by atoms with Crippen molar-refractivity contribution in [3.05, 3.63) is 28.8 Å². The van der Waals surface area contributed by atoms with Crippen LogP contribution in [0.3, 0.4) is 0 Å². The molecule has 0 saturated carbocycles. The summed E-state index contributed by atoms with van der Waals surface area (Å²) < 4.78 is 5.55. The summed E-state index contributed by atoms with van der Waals surface area (Å²) in [5.41, 5.74) is 0.594. The van der Waals surface area contributed by atoms with Crippen LogP contribution in [0.25, 0.3) is 0 Å². The fourth-order valence-electron chi connectivity index (χ4n) is 1.56. The molecule has 4 nitrogen and oxygen atoms in total. The standard InChI is InChI=1S/C13H18ClNO3/c1-4-18-13(2,3)8-15-9-5-6-10(12(16)17)11(14)7-9/h5-7,15H,4,8H2,1-3H3,(H,16,17). The lowest BCUT2D eigenvalue weighted by Crippen LogP contribution is -2.33. The molecule has 0 radical (unpaired) electrons. The molecule has 0 fully saturated rings. The molecule has 0 aliphatic heterocycles. The molecule has 100 valence electrons. The van der Waals surface area contributed by atoms with Crippen LogP contribution in [-0.2, 0) is 4.74 Å². The van der Waals surface area contributed by atoms with Crippen molar-refractivity contribution in [3.63, 3.8) is 0 Å². The quantitative estimate of drug-likeness (QED) is 0.834. The van der Waals surface area contributed by atoms with Gasteiger partial charge in [0.25, 0.3) is 0 Å². The minimum Gasteiger partial charge on any atom is -0.478 e. The number of rotatable bonds is 6. The lowest BCUT2D eigenvalue weighted by molar-refractivity contribution is 0.000690. The topological polar surface area (TPSA) is 58.6 Å². The molecule has 0 heterocycles. The van der Waals surface area contributed by atoms with Gasteiger partial charge < -0.3 is 15.2 Å². The van der Waals surface area contributed by atoms with Crippen molar-refractivity contribution >= 4 is 23.3 Å². The van der Waals surface area contributed by atoms with E-state index in [0.29, 0.717) is 13.2 Å². The maximum atomic E-state index is 10.8. The highest BCUT2D eigenvalue weighted by Gasteiger charge is 2.17. The zero-order valence-electron chi connectivity index (χ0n) is 10.8. The number of nitrogens with one attached hydrogen (secondary N) is 1. The number of carboxylic acid groups (broad SMARTS) is 1. The second kappa shape index (κ2) is 6.07. The molecule has 0 aliphatic carbocycles. The molecule has 2 N–H and O–H groups in total. The average molecular weight is 272 g/mol. The van der Waals surface area contributed by atoms with Crippen molar-refractivity contribution in [2.75, 3.05) is 18.5 Å². The average Bonchev–Trinajstić information content (AvgIpc) is 2.26. The van der Waals surface area contributed by atoms with E-state index in [1.165, 1.54) is 6.07 Å². The van der Waals surface area contributed by atoms with Crippen LogP contribution < -0.4 is 5.32 Å². The lowest BCUT2D eigenvalue weighted by atomic mass is 10.1. The zero-order valence-corrected chi connectivity index (χ0v) is 11.5. The van der Waals surface area contributed by atoms with Gasteiger partial charge in [0.1, 0.15) is 0 Å². The number of hydrogen-bond acceptors (Lipinski definition) is 3. The monoisotopic (exact) mass is 271 g/mol. The van der Waals surface area contributed by atoms with Crippen molar-refractivity contribution in [1.82, 2.24) is 0 Å². The van der Waals surface area contributed by atoms with E-state index >= 15 is 0 Å². The third kappa shape index (κ3) is 4.20. The number of benzene rings is 1. The fourth-order valence-corrected chi connectivity index (χ4v) is 1.82. The van der Waals surface area contributed by atoms with Crippen LogP contribution in [0.1, 0.15) is 31.1 Å². The first-order valence-electron chi connectivity index (χ1n) is 5.76. The molecule has 0 unspecified atom stereocenters. The van der Waals surface area contributed by atoms with E-state index in [1.807, 2.05) is 20.8 Å². The fraction of sp³-hybridized carbons (Fsp3) is 0.462. The highest BCUT2D eigenvalue weighted by molar-refractivity contribution is 6.33. The van der Waals surface area contributed by atoms with Crippen molar-refractivity contribution in [2.24, 2.45) is 0 Å². The van der Waals surface area contributed by atoms with Crippen LogP contribution in [0, 0.1) is 0 Å². The van der Waals surface area contributed by atoms with Gasteiger partial charge in [0.15, 0.2) is 0 Å². The minimum atomic E-state index is -1.03. The van der Waals surface area contributed by atoms with Gasteiger partial charge in [-0.3, -0.25) is 0 Å². The molecule has 5 heteroatoms. The number of carboxylic acids is 1. The number of halogens is 1. The molecule has 0 aliphatic rings. The summed E-state index contributed by atoms with van der Waals surface area (Å²) in [6, 6.07) is 4.78. The van der Waals surface area contributed by atoms with Gasteiger partial charge in [0, 0.05) is 18.8 Å². The second-order valence-electron chi connectivity index (χ2n) is 4.55. The molecular formula is C13H18ClNO3. The van der Waals surface area contributed by atoms with E-state index in [1.54, 1.807) is 12.1 Å². The van der Waals surface area contributed by atoms with Crippen LogP contribution >= 0.6 is 11.6 Å². The number of hydrogen-bond donors (Lipinski definition) is 2. The Hall–Kier alpha value is -1.26. The van der Waals surface area contributed by atoms with Crippen molar-refractivity contribution in [2.45, 2.75) is 26.4 Å². The molecule has 0 amide bonds. The third-order valence-corrected chi connectivity index (χ3v) is 2.77. The first-order valence-corrected chi connectivity index (χ1v) is 6.14. The van der Waals surface area contributed by atoms with Crippen molar-refractivity contribution in [3.8, 4) is 0 Å². The zero-order chi connectivity index (χ0) is 13.8. The number of anilines is 1. The Bertz CT molecular complexity index is 432. The Morgan fingerprint density at radius 2 is 2.17 bits per heavy atom. The molecule has 0 aromatic heterocycles. The summed E-state index contributed by atoms with van der Waals surface area (Å²) >= 11 is 5.88. The Labute approximate surface area is 112 Å². The summed E-state index contributed by atoms with van der Waals surface area (Å²) in [4.78, 5) is 10.8. The van der Waals surface area contributed by atoms with E-state index in [9.17, 15) is 4.79 Å². The largest absolute Gasteiger partial charge is 0.478 e. The van der Waals surface area contributed by atoms with E-state index in [4.69, 9.17) is 21.4 Å². The predicted octanol–water partition coefficient (Wildman–Crippen LogP) is 3.27. The van der Waals surface area contributed by atoms with Gasteiger partial charge in [-0.05, 0) is 39.0 Å². The minimum absolute atomic E-state index is 0.103. The lowest BCUT2D eigenvalue weighted by Gasteiger charge is -2.25. The van der Waals surface area contributed by atoms with Gasteiger partial charge in [-0.2, -0.15) is 0 Å². The molecule has 18 heavy (non-hydrogen) atoms. The summed E-state index contributed by atoms with van der Waals surface area (Å²) in [6.45, 7) is 7.17. The summed E-state index contributed by atoms with van der Waals surface area (Å²) in [5.74, 6) is -1.03. The van der Waals surface area contributed by atoms with Gasteiger partial charge >= 0.3 is 5.97 Å². The van der Waals surface area contributed by atoms with E-state index in [-0.39, 0.29) is 16.2 Å². The van der Waals surface area contributed by atoms with Crippen molar-refractivity contribution < 1.29 is 14.6 Å². The van der Waals surface area contributed by atoms with E-state index in [0.717, 1.165) is 5.69 Å². The van der Waals surface area contributed by atoms with Crippen LogP contribution in [-0.4, -0.2) is 29.8 Å². The molecule has 0 atom stereocenters. The molecule has 1 aromatic rings. The van der Waals surface area contributed by atoms with Crippen LogP contribution in [0.2, 0.25) is 5.02 Å². The van der Waals surface area contributed by atoms with E-state index < -0.39 is 5.97 Å². The SMILES string of the molecule is CCOC(C)(C)CNc1ccc(C(=O)O)c(Cl)c1. The molecular weight excluding hydrogens is 254 g/mol. The maximum Gasteiger partial charge on any atom is 0.337 e. The highest BCUT2D eigenvalue weighted by Crippen LogP contribution is 2.21. The second-order valence-corrected chi connectivity index (χ2v) is 4.95. The Morgan fingerprint density at radius 3 is 2.67 bits per heavy atom. The number of ether oxygens (including phenoxy) is 1. The molecule has 0 bridgehead atoms. The molecule has 0 spiro atoms.